The number of amides is 1. The van der Waals surface area contributed by atoms with Gasteiger partial charge in [0.15, 0.2) is 0 Å². The van der Waals surface area contributed by atoms with Crippen LogP contribution in [-0.4, -0.2) is 12.5 Å². The molecule has 2 aromatic heterocycles. The molecule has 1 atom stereocenters. The average molecular weight is 277 g/mol. The van der Waals surface area contributed by atoms with Crippen LogP contribution in [0.2, 0.25) is 0 Å². The molecule has 5 heteroatoms. The summed E-state index contributed by atoms with van der Waals surface area (Å²) < 4.78 is 10.8. The molecule has 0 bridgehead atoms. The highest BCUT2D eigenvalue weighted by atomic mass is 32.1. The molecule has 4 nitrogen and oxygen atoms in total. The number of hydrogen-bond donors (Lipinski definition) is 1. The Morgan fingerprint density at radius 2 is 2.37 bits per heavy atom. The van der Waals surface area contributed by atoms with Gasteiger partial charge in [-0.3, -0.25) is 4.79 Å². The number of thiophene rings is 1. The summed E-state index contributed by atoms with van der Waals surface area (Å²) >= 11 is 1.51. The summed E-state index contributed by atoms with van der Waals surface area (Å²) in [4.78, 5) is 13.8. The third kappa shape index (κ3) is 2.88. The first-order chi connectivity index (χ1) is 9.33. The van der Waals surface area contributed by atoms with Gasteiger partial charge in [-0.2, -0.15) is 0 Å². The molecule has 19 heavy (non-hydrogen) atoms. The highest BCUT2D eigenvalue weighted by molar-refractivity contribution is 7.14. The van der Waals surface area contributed by atoms with Gasteiger partial charge >= 0.3 is 0 Å². The third-order valence-corrected chi connectivity index (χ3v) is 4.28. The van der Waals surface area contributed by atoms with Crippen molar-refractivity contribution in [3.63, 3.8) is 0 Å². The first-order valence-corrected chi connectivity index (χ1v) is 7.16. The van der Waals surface area contributed by atoms with Gasteiger partial charge < -0.3 is 14.5 Å². The van der Waals surface area contributed by atoms with Crippen LogP contribution in [0.4, 0.5) is 0 Å². The van der Waals surface area contributed by atoms with E-state index in [1.54, 1.807) is 6.26 Å². The zero-order chi connectivity index (χ0) is 13.1. The van der Waals surface area contributed by atoms with E-state index >= 15 is 0 Å². The van der Waals surface area contributed by atoms with Gasteiger partial charge in [-0.1, -0.05) is 0 Å². The molecule has 2 aromatic rings. The molecule has 0 aliphatic carbocycles. The number of carbonyl (C=O) groups excluding carboxylic acids is 1. The lowest BCUT2D eigenvalue weighted by molar-refractivity contribution is 0.0952. The van der Waals surface area contributed by atoms with Crippen LogP contribution in [0.25, 0.3) is 0 Å². The lowest BCUT2D eigenvalue weighted by atomic mass is 10.2. The first kappa shape index (κ1) is 12.4. The minimum atomic E-state index is -0.0642. The fourth-order valence-corrected chi connectivity index (χ4v) is 3.13. The van der Waals surface area contributed by atoms with E-state index in [-0.39, 0.29) is 12.0 Å². The Kier molecular flexibility index (Phi) is 3.66. The molecule has 1 N–H and O–H groups in total. The summed E-state index contributed by atoms with van der Waals surface area (Å²) in [6.07, 6.45) is 3.93. The van der Waals surface area contributed by atoms with Crippen LogP contribution in [0, 0.1) is 0 Å². The van der Waals surface area contributed by atoms with Gasteiger partial charge in [0.25, 0.3) is 5.91 Å². The molecule has 0 aromatic carbocycles. The number of hydrogen-bond acceptors (Lipinski definition) is 4. The average Bonchev–Trinajstić information content (AvgIpc) is 3.14. The Morgan fingerprint density at radius 3 is 3.11 bits per heavy atom. The van der Waals surface area contributed by atoms with Gasteiger partial charge in [-0.25, -0.2) is 0 Å². The quantitative estimate of drug-likeness (QED) is 0.934. The second-order valence-electron chi connectivity index (χ2n) is 4.47. The van der Waals surface area contributed by atoms with Crippen molar-refractivity contribution >= 4 is 17.2 Å². The molecule has 1 aliphatic rings. The monoisotopic (exact) mass is 277 g/mol. The number of ether oxygens (including phenoxy) is 1. The van der Waals surface area contributed by atoms with Crippen LogP contribution in [0.5, 0.6) is 0 Å². The minimum absolute atomic E-state index is 0.0642. The highest BCUT2D eigenvalue weighted by Crippen LogP contribution is 2.33. The van der Waals surface area contributed by atoms with Crippen LogP contribution >= 0.6 is 11.3 Å². The molecule has 0 radical (unpaired) electrons. The van der Waals surface area contributed by atoms with Gasteiger partial charge in [0.1, 0.15) is 5.76 Å². The molecule has 0 saturated carbocycles. The van der Waals surface area contributed by atoms with E-state index in [2.05, 4.69) is 5.32 Å². The second-order valence-corrected chi connectivity index (χ2v) is 5.58. The Hall–Kier alpha value is -1.59. The highest BCUT2D eigenvalue weighted by Gasteiger charge is 2.20. The molecule has 100 valence electrons. The Morgan fingerprint density at radius 1 is 1.42 bits per heavy atom. The van der Waals surface area contributed by atoms with E-state index in [1.165, 1.54) is 11.3 Å². The maximum Gasteiger partial charge on any atom is 0.261 e. The van der Waals surface area contributed by atoms with E-state index in [1.807, 2.05) is 24.3 Å². The van der Waals surface area contributed by atoms with E-state index < -0.39 is 0 Å². The predicted molar refractivity (Wildman–Crippen MR) is 72.1 cm³/mol. The van der Waals surface area contributed by atoms with Crippen LogP contribution in [0.3, 0.4) is 0 Å². The summed E-state index contributed by atoms with van der Waals surface area (Å²) in [5.41, 5.74) is 0. The van der Waals surface area contributed by atoms with Crippen molar-refractivity contribution in [3.8, 4) is 0 Å². The standard InChI is InChI=1S/C14H15NO3S/c16-14(15-9-10-3-1-7-17-10)13-6-5-12(19-13)11-4-2-8-18-11/h1,3,5-7,11H,2,4,8-9H2,(H,15,16)/t11-/m1/s1. The molecular weight excluding hydrogens is 262 g/mol. The summed E-state index contributed by atoms with van der Waals surface area (Å²) in [6.45, 7) is 1.24. The minimum Gasteiger partial charge on any atom is -0.467 e. The topological polar surface area (TPSA) is 51.5 Å². The molecule has 1 fully saturated rings. The summed E-state index contributed by atoms with van der Waals surface area (Å²) in [5, 5.41) is 2.84. The molecule has 3 rings (SSSR count). The fourth-order valence-electron chi connectivity index (χ4n) is 2.12. The predicted octanol–water partition coefficient (Wildman–Crippen LogP) is 3.12. The third-order valence-electron chi connectivity index (χ3n) is 3.10. The lowest BCUT2D eigenvalue weighted by Gasteiger charge is -2.05. The summed E-state index contributed by atoms with van der Waals surface area (Å²) in [5.74, 6) is 0.690. The van der Waals surface area contributed by atoms with Crippen molar-refractivity contribution in [2.45, 2.75) is 25.5 Å². The number of nitrogens with one attached hydrogen (secondary N) is 1. The van der Waals surface area contributed by atoms with Gasteiger partial charge in [0.2, 0.25) is 0 Å². The Bertz CT molecular complexity index is 541. The van der Waals surface area contributed by atoms with E-state index in [4.69, 9.17) is 9.15 Å². The SMILES string of the molecule is O=C(NCc1ccco1)c1ccc([C@H]2CCCO2)s1. The van der Waals surface area contributed by atoms with Gasteiger partial charge in [-0.05, 0) is 37.1 Å². The van der Waals surface area contributed by atoms with Crippen molar-refractivity contribution < 1.29 is 13.9 Å². The molecule has 3 heterocycles. The normalized spacial score (nSPS) is 18.6. The maximum absolute atomic E-state index is 12.0. The molecule has 1 aliphatic heterocycles. The van der Waals surface area contributed by atoms with Crippen molar-refractivity contribution in [1.82, 2.24) is 5.32 Å². The maximum atomic E-state index is 12.0. The van der Waals surface area contributed by atoms with E-state index in [9.17, 15) is 4.79 Å². The van der Waals surface area contributed by atoms with Gasteiger partial charge in [0, 0.05) is 11.5 Å². The number of furan rings is 1. The van der Waals surface area contributed by atoms with Crippen molar-refractivity contribution in [3.05, 3.63) is 46.0 Å². The largest absolute Gasteiger partial charge is 0.467 e. The van der Waals surface area contributed by atoms with Crippen molar-refractivity contribution in [2.75, 3.05) is 6.61 Å². The van der Waals surface area contributed by atoms with Crippen LogP contribution in [-0.2, 0) is 11.3 Å². The summed E-state index contributed by atoms with van der Waals surface area (Å²) in [6, 6.07) is 7.50. The molecule has 0 spiro atoms. The van der Waals surface area contributed by atoms with E-state index in [0.29, 0.717) is 6.54 Å². The zero-order valence-electron chi connectivity index (χ0n) is 10.4. The Labute approximate surface area is 115 Å². The van der Waals surface area contributed by atoms with Crippen LogP contribution < -0.4 is 5.32 Å². The second kappa shape index (κ2) is 5.59. The van der Waals surface area contributed by atoms with Crippen molar-refractivity contribution in [1.29, 1.82) is 0 Å². The smallest absolute Gasteiger partial charge is 0.261 e. The van der Waals surface area contributed by atoms with Gasteiger partial charge in [0.05, 0.1) is 23.8 Å². The van der Waals surface area contributed by atoms with E-state index in [0.717, 1.165) is 35.0 Å². The fraction of sp³-hybridized carbons (Fsp3) is 0.357. The molecule has 1 amide bonds. The molecule has 0 unspecified atom stereocenters. The first-order valence-electron chi connectivity index (χ1n) is 6.35. The summed E-state index contributed by atoms with van der Waals surface area (Å²) in [7, 11) is 0. The number of rotatable bonds is 4. The lowest BCUT2D eigenvalue weighted by Crippen LogP contribution is -2.21. The van der Waals surface area contributed by atoms with Gasteiger partial charge in [-0.15, -0.1) is 11.3 Å². The van der Waals surface area contributed by atoms with Crippen LogP contribution in [0.15, 0.2) is 34.9 Å². The van der Waals surface area contributed by atoms with Crippen LogP contribution in [0.1, 0.15) is 39.3 Å². The molecule has 1 saturated heterocycles. The zero-order valence-corrected chi connectivity index (χ0v) is 11.2. The molecular formula is C14H15NO3S. The number of carbonyl (C=O) groups is 1. The van der Waals surface area contributed by atoms with Crippen molar-refractivity contribution in [2.24, 2.45) is 0 Å². The Balaban J connectivity index is 1.60.